The van der Waals surface area contributed by atoms with Gasteiger partial charge in [0.15, 0.2) is 0 Å². The van der Waals surface area contributed by atoms with Crippen LogP contribution in [0.1, 0.15) is 16.1 Å². The number of pyridine rings is 1. The maximum Gasteiger partial charge on any atom is 0.341 e. The maximum absolute atomic E-state index is 13.6. The number of hydrogen-bond donors (Lipinski definition) is 2. The quantitative estimate of drug-likeness (QED) is 0.698. The van der Waals surface area contributed by atoms with Crippen LogP contribution in [0.15, 0.2) is 42.0 Å². The first-order valence-corrected chi connectivity index (χ1v) is 8.23. The summed E-state index contributed by atoms with van der Waals surface area (Å²) in [6.07, 6.45) is 4.00. The van der Waals surface area contributed by atoms with Gasteiger partial charge < -0.3 is 10.4 Å². The number of thiazole rings is 1. The zero-order valence-corrected chi connectivity index (χ0v) is 13.7. The van der Waals surface area contributed by atoms with E-state index in [4.69, 9.17) is 5.11 Å². The first-order chi connectivity index (χ1) is 12.0. The molecule has 2 N–H and O–H groups in total. The first kappa shape index (κ1) is 17.0. The van der Waals surface area contributed by atoms with E-state index < -0.39 is 23.2 Å². The second-order valence-corrected chi connectivity index (χ2v) is 6.07. The molecule has 2 aromatic heterocycles. The molecule has 25 heavy (non-hydrogen) atoms. The Morgan fingerprint density at radius 2 is 1.96 bits per heavy atom. The summed E-state index contributed by atoms with van der Waals surface area (Å²) < 4.78 is 27.2. The molecule has 0 spiro atoms. The highest BCUT2D eigenvalue weighted by atomic mass is 32.1. The van der Waals surface area contributed by atoms with Gasteiger partial charge in [0.05, 0.1) is 0 Å². The minimum Gasteiger partial charge on any atom is -0.477 e. The number of carboxylic acids is 1. The highest BCUT2D eigenvalue weighted by Gasteiger charge is 2.17. The van der Waals surface area contributed by atoms with Crippen molar-refractivity contribution in [2.75, 3.05) is 11.9 Å². The van der Waals surface area contributed by atoms with E-state index in [1.165, 1.54) is 11.3 Å². The minimum atomic E-state index is -1.63. The normalized spacial score (nSPS) is 10.6. The second-order valence-electron chi connectivity index (χ2n) is 5.17. The molecule has 128 valence electrons. The van der Waals surface area contributed by atoms with Gasteiger partial charge in [-0.3, -0.25) is 4.98 Å². The van der Waals surface area contributed by atoms with E-state index in [1.54, 1.807) is 12.4 Å². The van der Waals surface area contributed by atoms with Crippen LogP contribution in [-0.2, 0) is 6.42 Å². The summed E-state index contributed by atoms with van der Waals surface area (Å²) in [7, 11) is 0. The van der Waals surface area contributed by atoms with Crippen molar-refractivity contribution < 1.29 is 18.7 Å². The van der Waals surface area contributed by atoms with Crippen molar-refractivity contribution in [3.63, 3.8) is 0 Å². The monoisotopic (exact) mass is 361 g/mol. The molecule has 0 radical (unpaired) electrons. The molecule has 8 heteroatoms. The Kier molecular flexibility index (Phi) is 4.99. The summed E-state index contributed by atoms with van der Waals surface area (Å²) in [6.45, 7) is 0.398. The van der Waals surface area contributed by atoms with Crippen molar-refractivity contribution in [2.45, 2.75) is 6.42 Å². The van der Waals surface area contributed by atoms with E-state index in [2.05, 4.69) is 15.3 Å². The SMILES string of the molecule is O=C(O)c1c(F)cc(NCCc2ccc(-c3nccs3)cn2)cc1F. The van der Waals surface area contributed by atoms with Gasteiger partial charge in [0.1, 0.15) is 22.2 Å². The average molecular weight is 361 g/mol. The van der Waals surface area contributed by atoms with E-state index in [9.17, 15) is 13.6 Å². The Bertz CT molecular complexity index is 860. The van der Waals surface area contributed by atoms with Crippen LogP contribution < -0.4 is 5.32 Å². The van der Waals surface area contributed by atoms with E-state index >= 15 is 0 Å². The lowest BCUT2D eigenvalue weighted by atomic mass is 10.1. The molecule has 3 rings (SSSR count). The van der Waals surface area contributed by atoms with Crippen LogP contribution in [0.5, 0.6) is 0 Å². The number of carboxylic acid groups (broad SMARTS) is 1. The molecule has 0 unspecified atom stereocenters. The number of halogens is 2. The second kappa shape index (κ2) is 7.35. The molecule has 1 aromatic carbocycles. The first-order valence-electron chi connectivity index (χ1n) is 7.35. The lowest BCUT2D eigenvalue weighted by Gasteiger charge is -2.08. The molecule has 0 saturated carbocycles. The zero-order valence-electron chi connectivity index (χ0n) is 12.9. The molecule has 0 saturated heterocycles. The standard InChI is InChI=1S/C17H13F2N3O2S/c18-13-7-12(8-14(19)15(13)17(23)24)20-4-3-11-2-1-10(9-22-11)16-21-5-6-25-16/h1-2,5-9,20H,3-4H2,(H,23,24). The lowest BCUT2D eigenvalue weighted by molar-refractivity contribution is 0.0686. The highest BCUT2D eigenvalue weighted by molar-refractivity contribution is 7.13. The number of carbonyl (C=O) groups is 1. The largest absolute Gasteiger partial charge is 0.477 e. The number of aromatic carboxylic acids is 1. The predicted molar refractivity (Wildman–Crippen MR) is 90.9 cm³/mol. The van der Waals surface area contributed by atoms with Gasteiger partial charge in [-0.15, -0.1) is 11.3 Å². The van der Waals surface area contributed by atoms with Crippen LogP contribution in [0.25, 0.3) is 10.6 Å². The van der Waals surface area contributed by atoms with Crippen molar-refractivity contribution in [3.8, 4) is 10.6 Å². The van der Waals surface area contributed by atoms with Gasteiger partial charge in [0, 0.05) is 47.7 Å². The van der Waals surface area contributed by atoms with Crippen molar-refractivity contribution in [1.82, 2.24) is 9.97 Å². The summed E-state index contributed by atoms with van der Waals surface area (Å²) in [4.78, 5) is 19.3. The lowest BCUT2D eigenvalue weighted by Crippen LogP contribution is -2.09. The summed E-state index contributed by atoms with van der Waals surface area (Å²) >= 11 is 1.53. The van der Waals surface area contributed by atoms with Crippen LogP contribution in [0.4, 0.5) is 14.5 Å². The molecule has 2 heterocycles. The van der Waals surface area contributed by atoms with Crippen molar-refractivity contribution in [3.05, 3.63) is 64.9 Å². The maximum atomic E-state index is 13.6. The summed E-state index contributed by atoms with van der Waals surface area (Å²) in [5, 5.41) is 14.4. The molecule has 3 aromatic rings. The number of rotatable bonds is 6. The Morgan fingerprint density at radius 3 is 2.52 bits per heavy atom. The van der Waals surface area contributed by atoms with E-state index in [0.29, 0.717) is 13.0 Å². The third kappa shape index (κ3) is 3.97. The Morgan fingerprint density at radius 1 is 1.20 bits per heavy atom. The van der Waals surface area contributed by atoms with Crippen LogP contribution in [0.2, 0.25) is 0 Å². The zero-order chi connectivity index (χ0) is 17.8. The number of anilines is 1. The van der Waals surface area contributed by atoms with Crippen molar-refractivity contribution >= 4 is 23.0 Å². The Balaban J connectivity index is 1.60. The fourth-order valence-electron chi connectivity index (χ4n) is 2.28. The molecule has 0 aliphatic carbocycles. The molecule has 0 aliphatic rings. The van der Waals surface area contributed by atoms with Crippen LogP contribution in [0, 0.1) is 11.6 Å². The molecule has 0 bridgehead atoms. The van der Waals surface area contributed by atoms with E-state index in [1.807, 2.05) is 17.5 Å². The number of nitrogens with zero attached hydrogens (tertiary/aromatic N) is 2. The van der Waals surface area contributed by atoms with Crippen molar-refractivity contribution in [1.29, 1.82) is 0 Å². The fourth-order valence-corrected chi connectivity index (χ4v) is 2.91. The fraction of sp³-hybridized carbons (Fsp3) is 0.118. The topological polar surface area (TPSA) is 75.1 Å². The van der Waals surface area contributed by atoms with Gasteiger partial charge in [-0.1, -0.05) is 0 Å². The van der Waals surface area contributed by atoms with Crippen LogP contribution in [-0.4, -0.2) is 27.6 Å². The third-order valence-electron chi connectivity index (χ3n) is 3.47. The van der Waals surface area contributed by atoms with Crippen LogP contribution in [0.3, 0.4) is 0 Å². The summed E-state index contributed by atoms with van der Waals surface area (Å²) in [5.74, 6) is -3.85. The van der Waals surface area contributed by atoms with E-state index in [-0.39, 0.29) is 5.69 Å². The number of benzene rings is 1. The van der Waals surface area contributed by atoms with Crippen molar-refractivity contribution in [2.24, 2.45) is 0 Å². The Labute approximate surface area is 146 Å². The molecule has 5 nitrogen and oxygen atoms in total. The van der Waals surface area contributed by atoms with Gasteiger partial charge in [0.2, 0.25) is 0 Å². The highest BCUT2D eigenvalue weighted by Crippen LogP contribution is 2.21. The minimum absolute atomic E-state index is 0.180. The molecular formula is C17H13F2N3O2S. The van der Waals surface area contributed by atoms with Gasteiger partial charge in [-0.2, -0.15) is 0 Å². The molecule has 0 atom stereocenters. The molecular weight excluding hydrogens is 348 g/mol. The molecule has 0 aliphatic heterocycles. The number of aromatic nitrogens is 2. The number of nitrogens with one attached hydrogen (secondary N) is 1. The molecule has 0 amide bonds. The Hall–Kier alpha value is -2.87. The summed E-state index contributed by atoms with van der Waals surface area (Å²) in [6, 6.07) is 5.71. The third-order valence-corrected chi connectivity index (χ3v) is 4.29. The van der Waals surface area contributed by atoms with Gasteiger partial charge in [-0.05, 0) is 24.3 Å². The smallest absolute Gasteiger partial charge is 0.341 e. The predicted octanol–water partition coefficient (Wildman–Crippen LogP) is 3.84. The van der Waals surface area contributed by atoms with E-state index in [0.717, 1.165) is 28.4 Å². The average Bonchev–Trinajstić information content (AvgIpc) is 3.09. The number of hydrogen-bond acceptors (Lipinski definition) is 5. The van der Waals surface area contributed by atoms with Gasteiger partial charge >= 0.3 is 5.97 Å². The molecule has 0 fully saturated rings. The van der Waals surface area contributed by atoms with Gasteiger partial charge in [0.25, 0.3) is 0 Å². The van der Waals surface area contributed by atoms with Crippen LogP contribution >= 0.6 is 11.3 Å². The van der Waals surface area contributed by atoms with Gasteiger partial charge in [-0.25, -0.2) is 18.6 Å². The summed E-state index contributed by atoms with van der Waals surface area (Å²) in [5.41, 5.74) is 0.973.